The molecule has 3 fully saturated rings. The average molecular weight is 737 g/mol. The van der Waals surface area contributed by atoms with Gasteiger partial charge in [0.2, 0.25) is 0 Å². The molecule has 0 spiro atoms. The van der Waals surface area contributed by atoms with Gasteiger partial charge < -0.3 is 61.9 Å². The molecule has 0 aliphatic carbocycles. The van der Waals surface area contributed by atoms with Gasteiger partial charge in [0.25, 0.3) is 0 Å². The van der Waals surface area contributed by atoms with Gasteiger partial charge in [-0.05, 0) is 13.8 Å². The summed E-state index contributed by atoms with van der Waals surface area (Å²) in [6.45, 7) is 10.0. The van der Waals surface area contributed by atoms with Gasteiger partial charge in [-0.25, -0.2) is 0 Å². The van der Waals surface area contributed by atoms with Crippen molar-refractivity contribution in [1.29, 1.82) is 0 Å². The molecule has 51 heavy (non-hydrogen) atoms. The molecular formula is C31H44O20. The zero-order valence-electron chi connectivity index (χ0n) is 29.5. The van der Waals surface area contributed by atoms with Crippen LogP contribution in [0.2, 0.25) is 0 Å². The van der Waals surface area contributed by atoms with Gasteiger partial charge >= 0.3 is 41.8 Å². The van der Waals surface area contributed by atoms with Gasteiger partial charge in [-0.1, -0.05) is 0 Å². The first-order chi connectivity index (χ1) is 23.8. The van der Waals surface area contributed by atoms with Crippen LogP contribution in [0.4, 0.5) is 0 Å². The van der Waals surface area contributed by atoms with Crippen LogP contribution in [0.3, 0.4) is 0 Å². The average Bonchev–Trinajstić information content (AvgIpc) is 2.97. The van der Waals surface area contributed by atoms with Gasteiger partial charge in [0.1, 0.15) is 6.10 Å². The molecule has 0 amide bonds. The number of rotatable bonds is 11. The third-order valence-corrected chi connectivity index (χ3v) is 7.57. The van der Waals surface area contributed by atoms with Gasteiger partial charge in [0, 0.05) is 48.5 Å². The summed E-state index contributed by atoms with van der Waals surface area (Å²) in [5.74, 6) is -5.80. The van der Waals surface area contributed by atoms with Crippen molar-refractivity contribution >= 4 is 41.8 Å². The molecule has 288 valence electrons. The molecule has 1 N–H and O–H groups in total. The molecule has 3 aliphatic rings. The van der Waals surface area contributed by atoms with Crippen LogP contribution in [0.15, 0.2) is 0 Å². The summed E-state index contributed by atoms with van der Waals surface area (Å²) >= 11 is 0. The van der Waals surface area contributed by atoms with E-state index in [9.17, 15) is 38.7 Å². The summed E-state index contributed by atoms with van der Waals surface area (Å²) in [4.78, 5) is 84.8. The lowest BCUT2D eigenvalue weighted by Gasteiger charge is -2.49. The van der Waals surface area contributed by atoms with E-state index in [2.05, 4.69) is 0 Å². The lowest BCUT2D eigenvalue weighted by molar-refractivity contribution is -0.373. The summed E-state index contributed by atoms with van der Waals surface area (Å²) in [5.41, 5.74) is 0. The van der Waals surface area contributed by atoms with Crippen molar-refractivity contribution in [2.45, 2.75) is 148 Å². The van der Waals surface area contributed by atoms with Crippen molar-refractivity contribution in [3.05, 3.63) is 0 Å². The Morgan fingerprint density at radius 1 is 0.451 bits per heavy atom. The van der Waals surface area contributed by atoms with Gasteiger partial charge in [-0.2, -0.15) is 0 Å². The number of carbonyl (C=O) groups is 7. The van der Waals surface area contributed by atoms with Crippen LogP contribution in [-0.2, 0) is 90.4 Å². The van der Waals surface area contributed by atoms with Crippen LogP contribution < -0.4 is 0 Å². The second-order valence-electron chi connectivity index (χ2n) is 11.9. The van der Waals surface area contributed by atoms with E-state index in [1.54, 1.807) is 0 Å². The molecule has 14 atom stereocenters. The van der Waals surface area contributed by atoms with Crippen LogP contribution in [0.25, 0.3) is 0 Å². The summed E-state index contributed by atoms with van der Waals surface area (Å²) in [6, 6.07) is 0. The van der Waals surface area contributed by atoms with E-state index in [0.717, 1.165) is 48.5 Å². The number of carbonyl (C=O) groups excluding carboxylic acids is 7. The minimum absolute atomic E-state index is 0.404. The molecule has 20 heteroatoms. The predicted octanol–water partition coefficient (Wildman–Crippen LogP) is -0.883. The topological polar surface area (TPSA) is 250 Å². The first-order valence-electron chi connectivity index (χ1n) is 15.9. The fourth-order valence-corrected chi connectivity index (χ4v) is 5.86. The zero-order valence-corrected chi connectivity index (χ0v) is 29.5. The quantitative estimate of drug-likeness (QED) is 0.200. The van der Waals surface area contributed by atoms with Crippen LogP contribution in [0, 0.1) is 0 Å². The highest BCUT2D eigenvalue weighted by Gasteiger charge is 2.57. The molecule has 0 aromatic heterocycles. The standard InChI is InChI=1S/C31H44O20/c1-11-21(44-14(4)33)24(46-16(6)35)26(29(39)41-11)51-31-28(49-19(9)38)25(47-17(7)36)22(12(2)42-31)50-30-27(48-18(8)37)23(45-15(5)34)20(10-40-30)43-13(3)32/h11-12,20-31,39H,10H2,1-9H3/t11-,12+,20-,21+,22+,23+,24+,25-,26-,27-,28-,29+,30+,31+/m1/s1. The molecule has 0 radical (unpaired) electrons. The molecule has 20 nitrogen and oxygen atoms in total. The van der Waals surface area contributed by atoms with Crippen LogP contribution in [-0.4, -0.2) is 140 Å². The number of hydrogen-bond donors (Lipinski definition) is 1. The van der Waals surface area contributed by atoms with Crippen molar-refractivity contribution in [1.82, 2.24) is 0 Å². The molecule has 3 saturated heterocycles. The highest BCUT2D eigenvalue weighted by molar-refractivity contribution is 5.69. The molecule has 0 saturated carbocycles. The third-order valence-electron chi connectivity index (χ3n) is 7.57. The Morgan fingerprint density at radius 3 is 1.31 bits per heavy atom. The zero-order chi connectivity index (χ0) is 38.3. The van der Waals surface area contributed by atoms with Gasteiger partial charge in [-0.15, -0.1) is 0 Å². The van der Waals surface area contributed by atoms with Crippen molar-refractivity contribution in [3.8, 4) is 0 Å². The Kier molecular flexibility index (Phi) is 14.6. The Bertz CT molecular complexity index is 1300. The highest BCUT2D eigenvalue weighted by Crippen LogP contribution is 2.36. The monoisotopic (exact) mass is 736 g/mol. The normalized spacial score (nSPS) is 36.4. The highest BCUT2D eigenvalue weighted by atomic mass is 16.8. The molecule has 3 aliphatic heterocycles. The lowest BCUT2D eigenvalue weighted by Crippen LogP contribution is -2.66. The van der Waals surface area contributed by atoms with Gasteiger partial charge in [0.15, 0.2) is 67.7 Å². The van der Waals surface area contributed by atoms with Crippen molar-refractivity contribution in [2.24, 2.45) is 0 Å². The van der Waals surface area contributed by atoms with E-state index in [1.165, 1.54) is 13.8 Å². The SMILES string of the molecule is CC(=O)O[C@@H]1[C@@H](O[C@@H]2OC[C@@H](OC(C)=O)[C@H](OC(C)=O)[C@H]2OC(C)=O)[C@H](C)O[C@@H](O[C@@H]2[C@@H](OC(C)=O)[C@@H](OC(C)=O)[C@@H](C)O[C@@H]2O)[C@@H]1OC(C)=O. The summed E-state index contributed by atoms with van der Waals surface area (Å²) in [6.07, 6.45) is -20.4. The van der Waals surface area contributed by atoms with E-state index in [4.69, 9.17) is 56.8 Å². The number of ether oxygens (including phenoxy) is 12. The molecular weight excluding hydrogens is 692 g/mol. The number of esters is 7. The minimum atomic E-state index is -1.81. The fourth-order valence-electron chi connectivity index (χ4n) is 5.86. The Hall–Kier alpha value is -3.95. The van der Waals surface area contributed by atoms with Gasteiger partial charge in [-0.3, -0.25) is 33.6 Å². The predicted molar refractivity (Wildman–Crippen MR) is 159 cm³/mol. The second kappa shape index (κ2) is 18.0. The molecule has 0 aromatic rings. The third kappa shape index (κ3) is 11.3. The van der Waals surface area contributed by atoms with Crippen LogP contribution in [0.5, 0.6) is 0 Å². The number of aliphatic hydroxyl groups is 1. The molecule has 0 aromatic carbocycles. The maximum absolute atomic E-state index is 12.4. The van der Waals surface area contributed by atoms with E-state index in [1.807, 2.05) is 0 Å². The van der Waals surface area contributed by atoms with Crippen molar-refractivity contribution < 1.29 is 95.5 Å². The van der Waals surface area contributed by atoms with Crippen LogP contribution >= 0.6 is 0 Å². The lowest BCUT2D eigenvalue weighted by atomic mass is 9.96. The minimum Gasteiger partial charge on any atom is -0.456 e. The maximum atomic E-state index is 12.4. The van der Waals surface area contributed by atoms with Crippen molar-refractivity contribution in [2.75, 3.05) is 6.61 Å². The Morgan fingerprint density at radius 2 is 0.824 bits per heavy atom. The second-order valence-corrected chi connectivity index (χ2v) is 11.9. The first kappa shape index (κ1) is 41.5. The molecule has 0 bridgehead atoms. The maximum Gasteiger partial charge on any atom is 0.303 e. The first-order valence-corrected chi connectivity index (χ1v) is 15.9. The molecule has 0 unspecified atom stereocenters. The van der Waals surface area contributed by atoms with E-state index in [-0.39, 0.29) is 0 Å². The molecule has 3 rings (SSSR count). The Labute approximate surface area is 292 Å². The Balaban J connectivity index is 2.02. The van der Waals surface area contributed by atoms with Crippen molar-refractivity contribution in [3.63, 3.8) is 0 Å². The van der Waals surface area contributed by atoms with Crippen LogP contribution in [0.1, 0.15) is 62.3 Å². The van der Waals surface area contributed by atoms with E-state index < -0.39 is 134 Å². The number of hydrogen-bond acceptors (Lipinski definition) is 20. The van der Waals surface area contributed by atoms with Gasteiger partial charge in [0.05, 0.1) is 18.8 Å². The largest absolute Gasteiger partial charge is 0.456 e. The fraction of sp³-hybridized carbons (Fsp3) is 0.774. The summed E-state index contributed by atoms with van der Waals surface area (Å²) in [5, 5.41) is 10.9. The summed E-state index contributed by atoms with van der Waals surface area (Å²) in [7, 11) is 0. The number of aliphatic hydroxyl groups excluding tert-OH is 1. The van der Waals surface area contributed by atoms with E-state index >= 15 is 0 Å². The smallest absolute Gasteiger partial charge is 0.303 e. The molecule has 3 heterocycles. The van der Waals surface area contributed by atoms with E-state index in [0.29, 0.717) is 0 Å². The summed E-state index contributed by atoms with van der Waals surface area (Å²) < 4.78 is 67.3.